The Hall–Kier alpha value is -0.850. The molecular formula is C14H18ClNO3S2. The largest absolute Gasteiger partial charge is 0.480 e. The summed E-state index contributed by atoms with van der Waals surface area (Å²) in [5.74, 6) is -0.583. The molecule has 0 aliphatic rings. The fourth-order valence-electron chi connectivity index (χ4n) is 1.55. The highest BCUT2D eigenvalue weighted by molar-refractivity contribution is 8.00. The number of benzene rings is 1. The number of thioether (sulfide) groups is 2. The van der Waals surface area contributed by atoms with E-state index in [0.29, 0.717) is 17.2 Å². The summed E-state index contributed by atoms with van der Waals surface area (Å²) >= 11 is 8.73. The summed E-state index contributed by atoms with van der Waals surface area (Å²) in [6.45, 7) is 1.75. The molecule has 116 valence electrons. The van der Waals surface area contributed by atoms with Gasteiger partial charge in [0.05, 0.1) is 5.25 Å². The van der Waals surface area contributed by atoms with Crippen molar-refractivity contribution in [3.05, 3.63) is 29.3 Å². The molecule has 2 N–H and O–H groups in total. The molecule has 0 aliphatic carbocycles. The summed E-state index contributed by atoms with van der Waals surface area (Å²) in [4.78, 5) is 24.1. The van der Waals surface area contributed by atoms with Gasteiger partial charge in [0, 0.05) is 9.92 Å². The standard InChI is InChI=1S/C14H18ClNO3S2/c1-9(21-11-5-3-10(15)4-6-11)13(17)16-12(14(18)19)7-8-20-2/h3-6,9,12H,7-8H2,1-2H3,(H,16,17)(H,18,19)/t9?,12-/m0/s1. The van der Waals surface area contributed by atoms with Crippen molar-refractivity contribution in [3.63, 3.8) is 0 Å². The first-order valence-corrected chi connectivity index (χ1v) is 9.03. The van der Waals surface area contributed by atoms with E-state index in [2.05, 4.69) is 5.32 Å². The van der Waals surface area contributed by atoms with Gasteiger partial charge in [-0.3, -0.25) is 4.79 Å². The summed E-state index contributed by atoms with van der Waals surface area (Å²) in [6, 6.07) is 6.34. The molecule has 0 heterocycles. The summed E-state index contributed by atoms with van der Waals surface area (Å²) in [5.41, 5.74) is 0. The predicted molar refractivity (Wildman–Crippen MR) is 89.3 cm³/mol. The normalized spacial score (nSPS) is 13.5. The van der Waals surface area contributed by atoms with Crippen LogP contribution in [-0.4, -0.2) is 40.3 Å². The molecule has 1 aromatic rings. The second kappa shape index (κ2) is 9.23. The average molecular weight is 348 g/mol. The number of hydrogen-bond donors (Lipinski definition) is 2. The number of carbonyl (C=O) groups excluding carboxylic acids is 1. The number of aliphatic carboxylic acids is 1. The van der Waals surface area contributed by atoms with E-state index in [1.54, 1.807) is 30.8 Å². The van der Waals surface area contributed by atoms with E-state index in [9.17, 15) is 9.59 Å². The molecule has 0 saturated carbocycles. The van der Waals surface area contributed by atoms with Gasteiger partial charge >= 0.3 is 5.97 Å². The van der Waals surface area contributed by atoms with Crippen LogP contribution in [0.2, 0.25) is 5.02 Å². The van der Waals surface area contributed by atoms with Crippen LogP contribution in [0, 0.1) is 0 Å². The van der Waals surface area contributed by atoms with Crippen molar-refractivity contribution in [1.29, 1.82) is 0 Å². The number of carboxylic acids is 1. The van der Waals surface area contributed by atoms with Crippen LogP contribution in [0.15, 0.2) is 29.2 Å². The van der Waals surface area contributed by atoms with E-state index in [4.69, 9.17) is 16.7 Å². The second-order valence-corrected chi connectivity index (χ2v) is 7.23. The minimum absolute atomic E-state index is 0.275. The van der Waals surface area contributed by atoms with Gasteiger partial charge in [-0.2, -0.15) is 11.8 Å². The Bertz CT molecular complexity index is 482. The lowest BCUT2D eigenvalue weighted by atomic mass is 10.2. The van der Waals surface area contributed by atoms with Crippen LogP contribution in [0.3, 0.4) is 0 Å². The molecule has 4 nitrogen and oxygen atoms in total. The minimum atomic E-state index is -0.999. The first kappa shape index (κ1) is 18.2. The lowest BCUT2D eigenvalue weighted by molar-refractivity contribution is -0.141. The van der Waals surface area contributed by atoms with Crippen LogP contribution >= 0.6 is 35.1 Å². The predicted octanol–water partition coefficient (Wildman–Crippen LogP) is 3.14. The smallest absolute Gasteiger partial charge is 0.326 e. The molecule has 1 amide bonds. The number of rotatable bonds is 8. The van der Waals surface area contributed by atoms with E-state index in [-0.39, 0.29) is 11.2 Å². The third kappa shape index (κ3) is 6.63. The number of halogens is 1. The zero-order chi connectivity index (χ0) is 15.8. The lowest BCUT2D eigenvalue weighted by Crippen LogP contribution is -2.44. The zero-order valence-electron chi connectivity index (χ0n) is 11.8. The van der Waals surface area contributed by atoms with E-state index in [0.717, 1.165) is 4.90 Å². The molecule has 1 aromatic carbocycles. The maximum Gasteiger partial charge on any atom is 0.326 e. The second-order valence-electron chi connectivity index (χ2n) is 4.39. The molecule has 1 unspecified atom stereocenters. The van der Waals surface area contributed by atoms with Crippen LogP contribution in [0.4, 0.5) is 0 Å². The quantitative estimate of drug-likeness (QED) is 0.707. The molecule has 0 saturated heterocycles. The number of hydrogen-bond acceptors (Lipinski definition) is 4. The Morgan fingerprint density at radius 1 is 1.33 bits per heavy atom. The van der Waals surface area contributed by atoms with Crippen LogP contribution in [0.1, 0.15) is 13.3 Å². The molecule has 7 heteroatoms. The Kier molecular flexibility index (Phi) is 8.00. The molecule has 21 heavy (non-hydrogen) atoms. The van der Waals surface area contributed by atoms with Gasteiger partial charge in [-0.05, 0) is 49.6 Å². The molecule has 0 aliphatic heterocycles. The molecule has 1 rings (SSSR count). The van der Waals surface area contributed by atoms with Crippen LogP contribution in [0.5, 0.6) is 0 Å². The van der Waals surface area contributed by atoms with Crippen LogP contribution < -0.4 is 5.32 Å². The average Bonchev–Trinajstić information content (AvgIpc) is 2.45. The maximum absolute atomic E-state index is 12.1. The monoisotopic (exact) mass is 347 g/mol. The van der Waals surface area contributed by atoms with E-state index in [1.165, 1.54) is 11.8 Å². The molecular weight excluding hydrogens is 330 g/mol. The van der Waals surface area contributed by atoms with Gasteiger partial charge in [0.15, 0.2) is 0 Å². The van der Waals surface area contributed by atoms with Crippen molar-refractivity contribution < 1.29 is 14.7 Å². The molecule has 0 aromatic heterocycles. The van der Waals surface area contributed by atoms with Crippen molar-refractivity contribution in [2.75, 3.05) is 12.0 Å². The van der Waals surface area contributed by atoms with Gasteiger partial charge in [-0.25, -0.2) is 4.79 Å². The third-order valence-corrected chi connectivity index (χ3v) is 4.73. The van der Waals surface area contributed by atoms with Crippen molar-refractivity contribution in [2.24, 2.45) is 0 Å². The Morgan fingerprint density at radius 2 is 1.95 bits per heavy atom. The van der Waals surface area contributed by atoms with E-state index < -0.39 is 12.0 Å². The Balaban J connectivity index is 2.56. The first-order valence-electron chi connectivity index (χ1n) is 6.38. The van der Waals surface area contributed by atoms with Gasteiger partial charge < -0.3 is 10.4 Å². The SMILES string of the molecule is CSCC[C@H](NC(=O)C(C)Sc1ccc(Cl)cc1)C(=O)O. The van der Waals surface area contributed by atoms with Crippen LogP contribution in [0.25, 0.3) is 0 Å². The van der Waals surface area contributed by atoms with Gasteiger partial charge in [-0.15, -0.1) is 11.8 Å². The minimum Gasteiger partial charge on any atom is -0.480 e. The molecule has 0 spiro atoms. The highest BCUT2D eigenvalue weighted by Crippen LogP contribution is 2.24. The number of amides is 1. The van der Waals surface area contributed by atoms with Crippen molar-refractivity contribution in [2.45, 2.75) is 29.5 Å². The van der Waals surface area contributed by atoms with Gasteiger partial charge in [-0.1, -0.05) is 11.6 Å². The third-order valence-electron chi connectivity index (χ3n) is 2.72. The van der Waals surface area contributed by atoms with Crippen molar-refractivity contribution in [1.82, 2.24) is 5.32 Å². The Morgan fingerprint density at radius 3 is 2.48 bits per heavy atom. The molecule has 2 atom stereocenters. The van der Waals surface area contributed by atoms with E-state index in [1.807, 2.05) is 18.4 Å². The molecule has 0 fully saturated rings. The lowest BCUT2D eigenvalue weighted by Gasteiger charge is -2.17. The van der Waals surface area contributed by atoms with Crippen molar-refractivity contribution >= 4 is 47.0 Å². The summed E-state index contributed by atoms with van der Waals surface area (Å²) in [5, 5.41) is 12.0. The number of carboxylic acid groups (broad SMARTS) is 1. The molecule has 0 radical (unpaired) electrons. The van der Waals surface area contributed by atoms with E-state index >= 15 is 0 Å². The first-order chi connectivity index (χ1) is 9.93. The van der Waals surface area contributed by atoms with Crippen LogP contribution in [-0.2, 0) is 9.59 Å². The fourth-order valence-corrected chi connectivity index (χ4v) is 3.03. The zero-order valence-corrected chi connectivity index (χ0v) is 14.2. The fraction of sp³-hybridized carbons (Fsp3) is 0.429. The molecule has 0 bridgehead atoms. The van der Waals surface area contributed by atoms with Crippen molar-refractivity contribution in [3.8, 4) is 0 Å². The summed E-state index contributed by atoms with van der Waals surface area (Å²) in [6.07, 6.45) is 2.32. The Labute approximate surface area is 138 Å². The number of carbonyl (C=O) groups is 2. The van der Waals surface area contributed by atoms with Gasteiger partial charge in [0.2, 0.25) is 5.91 Å². The topological polar surface area (TPSA) is 66.4 Å². The summed E-state index contributed by atoms with van der Waals surface area (Å²) in [7, 11) is 0. The maximum atomic E-state index is 12.1. The highest BCUT2D eigenvalue weighted by Gasteiger charge is 2.23. The van der Waals surface area contributed by atoms with Gasteiger partial charge in [0.25, 0.3) is 0 Å². The summed E-state index contributed by atoms with van der Waals surface area (Å²) < 4.78 is 0. The van der Waals surface area contributed by atoms with Gasteiger partial charge in [0.1, 0.15) is 6.04 Å². The number of nitrogens with one attached hydrogen (secondary N) is 1. The highest BCUT2D eigenvalue weighted by atomic mass is 35.5.